The summed E-state index contributed by atoms with van der Waals surface area (Å²) in [6, 6.07) is 14.3. The predicted molar refractivity (Wildman–Crippen MR) is 158 cm³/mol. The lowest BCUT2D eigenvalue weighted by Crippen LogP contribution is -2.26. The van der Waals surface area contributed by atoms with Crippen LogP contribution in [-0.2, 0) is 0 Å². The minimum atomic E-state index is 0.398. The summed E-state index contributed by atoms with van der Waals surface area (Å²) in [7, 11) is 0. The van der Waals surface area contributed by atoms with E-state index in [0.717, 1.165) is 71.3 Å². The van der Waals surface area contributed by atoms with Gasteiger partial charge in [0.25, 0.3) is 0 Å². The minimum Gasteiger partial charge on any atom is -0.457 e. The first-order valence-electron chi connectivity index (χ1n) is 13.7. The molecule has 4 aromatic rings. The van der Waals surface area contributed by atoms with Gasteiger partial charge in [0.1, 0.15) is 23.3 Å². The van der Waals surface area contributed by atoms with Gasteiger partial charge in [-0.25, -0.2) is 9.50 Å². The molecule has 1 aliphatic rings. The number of benzene rings is 2. The van der Waals surface area contributed by atoms with Crippen LogP contribution in [0.2, 0.25) is 0 Å². The van der Waals surface area contributed by atoms with E-state index in [9.17, 15) is 0 Å². The summed E-state index contributed by atoms with van der Waals surface area (Å²) in [4.78, 5) is 9.21. The summed E-state index contributed by atoms with van der Waals surface area (Å²) < 4.78 is 8.16. The number of piperidine rings is 1. The van der Waals surface area contributed by atoms with E-state index in [4.69, 9.17) is 4.74 Å². The molecule has 0 amide bonds. The number of aromatic nitrogens is 3. The maximum absolute atomic E-state index is 6.24. The Morgan fingerprint density at radius 3 is 2.58 bits per heavy atom. The number of fused-ring (bicyclic) bond motifs is 1. The van der Waals surface area contributed by atoms with Crippen LogP contribution in [0.1, 0.15) is 63.1 Å². The van der Waals surface area contributed by atoms with Crippen molar-refractivity contribution in [3.05, 3.63) is 71.7 Å². The third-order valence-electron chi connectivity index (χ3n) is 6.62. The molecule has 2 aromatic carbocycles. The van der Waals surface area contributed by atoms with Gasteiger partial charge >= 0.3 is 0 Å². The van der Waals surface area contributed by atoms with E-state index in [2.05, 4.69) is 65.5 Å². The molecule has 7 nitrogen and oxygen atoms in total. The number of rotatable bonds is 7. The SMILES string of the molecule is CC.Cc1ccc(Oc2ccc(Nc3ncnn4ccc(C5CCNCC5)c34)cc2C)cc1N=CC(C)C. The van der Waals surface area contributed by atoms with Gasteiger partial charge in [-0.1, -0.05) is 33.8 Å². The molecular weight excluding hydrogens is 472 g/mol. The van der Waals surface area contributed by atoms with Crippen LogP contribution in [0.4, 0.5) is 17.2 Å². The van der Waals surface area contributed by atoms with Crippen LogP contribution < -0.4 is 15.4 Å². The Kier molecular flexibility index (Phi) is 9.13. The molecule has 0 aliphatic carbocycles. The monoisotopic (exact) mass is 512 g/mol. The molecule has 2 aromatic heterocycles. The molecule has 1 aliphatic heterocycles. The fourth-order valence-electron chi connectivity index (χ4n) is 4.66. The van der Waals surface area contributed by atoms with E-state index < -0.39 is 0 Å². The molecule has 200 valence electrons. The van der Waals surface area contributed by atoms with E-state index >= 15 is 0 Å². The van der Waals surface area contributed by atoms with Crippen LogP contribution in [0.3, 0.4) is 0 Å². The van der Waals surface area contributed by atoms with Gasteiger partial charge in [0.15, 0.2) is 5.82 Å². The third-order valence-corrected chi connectivity index (χ3v) is 6.62. The Bertz CT molecular complexity index is 1380. The lowest BCUT2D eigenvalue weighted by molar-refractivity contribution is 0.462. The van der Waals surface area contributed by atoms with Gasteiger partial charge in [-0.2, -0.15) is 5.10 Å². The molecule has 0 radical (unpaired) electrons. The van der Waals surface area contributed by atoms with Crippen LogP contribution in [0.15, 0.2) is 60.0 Å². The molecule has 3 heterocycles. The van der Waals surface area contributed by atoms with Crippen molar-refractivity contribution in [3.63, 3.8) is 0 Å². The molecule has 0 unspecified atom stereocenters. The van der Waals surface area contributed by atoms with E-state index in [0.29, 0.717) is 11.8 Å². The minimum absolute atomic E-state index is 0.398. The van der Waals surface area contributed by atoms with Crippen LogP contribution in [0, 0.1) is 19.8 Å². The standard InChI is InChI=1S/C29H34N6O.C2H6/c1-19(2)17-31-26-16-24(7-5-20(26)3)36-27-8-6-23(15-21(27)4)34-29-28-25(22-9-12-30-13-10-22)11-14-35(28)33-18-32-29;1-2/h5-8,11,14-19,22,30H,9-10,12-13H2,1-4H3,(H,32,33,34);1-2H3. The van der Waals surface area contributed by atoms with Crippen molar-refractivity contribution in [2.24, 2.45) is 10.9 Å². The maximum atomic E-state index is 6.24. The second-order valence-corrected chi connectivity index (χ2v) is 9.87. The predicted octanol–water partition coefficient (Wildman–Crippen LogP) is 7.73. The smallest absolute Gasteiger partial charge is 0.158 e. The Morgan fingerprint density at radius 2 is 1.84 bits per heavy atom. The van der Waals surface area contributed by atoms with Crippen molar-refractivity contribution in [2.75, 3.05) is 18.4 Å². The van der Waals surface area contributed by atoms with Gasteiger partial charge in [0, 0.05) is 24.2 Å². The summed E-state index contributed by atoms with van der Waals surface area (Å²) >= 11 is 0. The average molecular weight is 513 g/mol. The number of anilines is 2. The normalized spacial score (nSPS) is 14.1. The zero-order valence-corrected chi connectivity index (χ0v) is 23.5. The van der Waals surface area contributed by atoms with Crippen molar-refractivity contribution < 1.29 is 4.74 Å². The van der Waals surface area contributed by atoms with Crippen LogP contribution in [0.5, 0.6) is 11.5 Å². The van der Waals surface area contributed by atoms with E-state index in [1.165, 1.54) is 5.56 Å². The van der Waals surface area contributed by atoms with Crippen LogP contribution in [-0.4, -0.2) is 33.9 Å². The van der Waals surface area contributed by atoms with E-state index in [1.807, 2.05) is 61.1 Å². The van der Waals surface area contributed by atoms with Crippen molar-refractivity contribution in [1.82, 2.24) is 19.9 Å². The van der Waals surface area contributed by atoms with Gasteiger partial charge in [-0.05, 0) is 98.6 Å². The summed E-state index contributed by atoms with van der Waals surface area (Å²) in [5.41, 5.74) is 6.42. The van der Waals surface area contributed by atoms with Crippen molar-refractivity contribution >= 4 is 28.9 Å². The van der Waals surface area contributed by atoms with E-state index in [1.54, 1.807) is 6.33 Å². The number of aliphatic imine (C=N–C) groups is 1. The maximum Gasteiger partial charge on any atom is 0.158 e. The highest BCUT2D eigenvalue weighted by molar-refractivity contribution is 5.77. The average Bonchev–Trinajstić information content (AvgIpc) is 3.37. The number of nitrogens with zero attached hydrogens (tertiary/aromatic N) is 4. The van der Waals surface area contributed by atoms with Gasteiger partial charge in [0.05, 0.1) is 5.69 Å². The first-order valence-corrected chi connectivity index (χ1v) is 13.7. The van der Waals surface area contributed by atoms with E-state index in [-0.39, 0.29) is 0 Å². The molecule has 7 heteroatoms. The first-order chi connectivity index (χ1) is 18.5. The molecule has 0 spiro atoms. The topological polar surface area (TPSA) is 75.8 Å². The molecule has 0 saturated carbocycles. The molecule has 2 N–H and O–H groups in total. The Morgan fingerprint density at radius 1 is 1.05 bits per heavy atom. The summed E-state index contributed by atoms with van der Waals surface area (Å²) in [6.07, 6.45) is 7.85. The molecular formula is C31H40N6O. The number of ether oxygens (including phenoxy) is 1. The zero-order valence-electron chi connectivity index (χ0n) is 23.5. The van der Waals surface area contributed by atoms with Crippen molar-refractivity contribution in [1.29, 1.82) is 0 Å². The fraction of sp³-hybridized carbons (Fsp3) is 0.387. The number of aryl methyl sites for hydroxylation is 2. The highest BCUT2D eigenvalue weighted by Gasteiger charge is 2.21. The van der Waals surface area contributed by atoms with Crippen LogP contribution in [0.25, 0.3) is 5.52 Å². The molecule has 5 rings (SSSR count). The van der Waals surface area contributed by atoms with Crippen molar-refractivity contribution in [3.8, 4) is 11.5 Å². The quantitative estimate of drug-likeness (QED) is 0.248. The lowest BCUT2D eigenvalue weighted by Gasteiger charge is -2.22. The number of nitrogens with one attached hydrogen (secondary N) is 2. The number of hydrogen-bond acceptors (Lipinski definition) is 6. The van der Waals surface area contributed by atoms with Crippen LogP contribution >= 0.6 is 0 Å². The summed E-state index contributed by atoms with van der Waals surface area (Å²) in [6.45, 7) is 14.5. The third kappa shape index (κ3) is 6.40. The molecule has 1 fully saturated rings. The Labute approximate surface area is 226 Å². The van der Waals surface area contributed by atoms with Gasteiger partial charge in [-0.3, -0.25) is 4.99 Å². The highest BCUT2D eigenvalue weighted by atomic mass is 16.5. The largest absolute Gasteiger partial charge is 0.457 e. The zero-order chi connectivity index (χ0) is 27.1. The Hall–Kier alpha value is -3.71. The lowest BCUT2D eigenvalue weighted by atomic mass is 9.91. The first kappa shape index (κ1) is 27.3. The van der Waals surface area contributed by atoms with Crippen molar-refractivity contribution in [2.45, 2.75) is 60.3 Å². The molecule has 0 bridgehead atoms. The van der Waals surface area contributed by atoms with Gasteiger partial charge in [-0.15, -0.1) is 0 Å². The summed E-state index contributed by atoms with van der Waals surface area (Å²) in [5, 5.41) is 11.4. The molecule has 38 heavy (non-hydrogen) atoms. The Balaban J connectivity index is 0.00000164. The number of hydrogen-bond donors (Lipinski definition) is 2. The second kappa shape index (κ2) is 12.7. The second-order valence-electron chi connectivity index (χ2n) is 9.87. The highest BCUT2D eigenvalue weighted by Crippen LogP contribution is 2.35. The molecule has 0 atom stereocenters. The van der Waals surface area contributed by atoms with Gasteiger partial charge < -0.3 is 15.4 Å². The summed E-state index contributed by atoms with van der Waals surface area (Å²) in [5.74, 6) is 3.33. The fourth-order valence-corrected chi connectivity index (χ4v) is 4.66. The molecule has 1 saturated heterocycles. The van der Waals surface area contributed by atoms with Gasteiger partial charge in [0.2, 0.25) is 0 Å².